The molecule has 2 heterocycles. The summed E-state index contributed by atoms with van der Waals surface area (Å²) in [6.45, 7) is -0.484. The van der Waals surface area contributed by atoms with Gasteiger partial charge in [0.05, 0.1) is 5.69 Å². The summed E-state index contributed by atoms with van der Waals surface area (Å²) in [6, 6.07) is 9.13. The maximum absolute atomic E-state index is 13.8. The van der Waals surface area contributed by atoms with Crippen LogP contribution in [0.1, 0.15) is 0 Å². The van der Waals surface area contributed by atoms with Crippen molar-refractivity contribution in [3.63, 3.8) is 0 Å². The number of benzene rings is 2. The molecule has 152 valence electrons. The van der Waals surface area contributed by atoms with Crippen molar-refractivity contribution < 1.29 is 18.3 Å². The van der Waals surface area contributed by atoms with Gasteiger partial charge in [-0.25, -0.2) is 27.6 Å². The molecule has 2 aromatic carbocycles. The third-order valence-electron chi connectivity index (χ3n) is 3.98. The fraction of sp³-hybridized carbons (Fsp3) is 0.0526. The lowest BCUT2D eigenvalue weighted by atomic mass is 10.3. The Morgan fingerprint density at radius 1 is 1.20 bits per heavy atom. The number of amides is 1. The van der Waals surface area contributed by atoms with Gasteiger partial charge in [0.25, 0.3) is 5.88 Å². The molecule has 0 saturated carbocycles. The van der Waals surface area contributed by atoms with E-state index in [0.717, 1.165) is 21.2 Å². The van der Waals surface area contributed by atoms with Crippen LogP contribution in [0.15, 0.2) is 59.7 Å². The quantitative estimate of drug-likeness (QED) is 0.524. The first-order chi connectivity index (χ1) is 14.4. The zero-order valence-corrected chi connectivity index (χ0v) is 15.8. The summed E-state index contributed by atoms with van der Waals surface area (Å²) < 4.78 is 34.7. The standard InChI is InChI=1S/C19H12ClF2N5O3/c20-11-4-5-15(14(22)8-11)24-16(28)10-27-19(29)26-7-6-23-18(17(26)25-27)30-13-3-1-2-12(21)9-13/h1-9H,10H2,(H,24,28). The number of halogens is 3. The Labute approximate surface area is 172 Å². The number of nitrogens with zero attached hydrogens (tertiary/aromatic N) is 4. The van der Waals surface area contributed by atoms with Crippen molar-refractivity contribution >= 4 is 28.8 Å². The van der Waals surface area contributed by atoms with Gasteiger partial charge in [0.2, 0.25) is 11.6 Å². The van der Waals surface area contributed by atoms with Crippen LogP contribution in [-0.2, 0) is 11.3 Å². The Balaban J connectivity index is 1.60. The Bertz CT molecular complexity index is 1320. The zero-order chi connectivity index (χ0) is 21.3. The molecule has 1 amide bonds. The van der Waals surface area contributed by atoms with Crippen LogP contribution in [0.25, 0.3) is 5.65 Å². The molecule has 0 atom stereocenters. The van der Waals surface area contributed by atoms with Gasteiger partial charge in [-0.1, -0.05) is 17.7 Å². The van der Waals surface area contributed by atoms with Gasteiger partial charge < -0.3 is 10.1 Å². The maximum Gasteiger partial charge on any atom is 0.351 e. The Morgan fingerprint density at radius 2 is 2.03 bits per heavy atom. The van der Waals surface area contributed by atoms with Crippen molar-refractivity contribution in [1.82, 2.24) is 19.2 Å². The van der Waals surface area contributed by atoms with E-state index in [1.165, 1.54) is 42.7 Å². The monoisotopic (exact) mass is 431 g/mol. The summed E-state index contributed by atoms with van der Waals surface area (Å²) in [7, 11) is 0. The highest BCUT2D eigenvalue weighted by molar-refractivity contribution is 6.30. The van der Waals surface area contributed by atoms with E-state index in [-0.39, 0.29) is 28.0 Å². The predicted molar refractivity (Wildman–Crippen MR) is 104 cm³/mol. The molecule has 0 saturated heterocycles. The lowest BCUT2D eigenvalue weighted by molar-refractivity contribution is -0.117. The highest BCUT2D eigenvalue weighted by atomic mass is 35.5. The van der Waals surface area contributed by atoms with Crippen LogP contribution >= 0.6 is 11.6 Å². The van der Waals surface area contributed by atoms with E-state index in [1.807, 2.05) is 0 Å². The van der Waals surface area contributed by atoms with Gasteiger partial charge in [-0.05, 0) is 30.3 Å². The number of ether oxygens (including phenoxy) is 1. The average molecular weight is 432 g/mol. The summed E-state index contributed by atoms with van der Waals surface area (Å²) in [5.74, 6) is -1.79. The highest BCUT2D eigenvalue weighted by Gasteiger charge is 2.16. The van der Waals surface area contributed by atoms with Crippen molar-refractivity contribution in [2.45, 2.75) is 6.54 Å². The number of fused-ring (bicyclic) bond motifs is 1. The van der Waals surface area contributed by atoms with Crippen molar-refractivity contribution in [3.05, 3.63) is 82.0 Å². The maximum atomic E-state index is 13.8. The average Bonchev–Trinajstić information content (AvgIpc) is 3.01. The van der Waals surface area contributed by atoms with Crippen molar-refractivity contribution in [2.75, 3.05) is 5.32 Å². The van der Waals surface area contributed by atoms with E-state index >= 15 is 0 Å². The molecule has 0 unspecified atom stereocenters. The molecule has 0 fully saturated rings. The molecule has 8 nitrogen and oxygen atoms in total. The number of aromatic nitrogens is 4. The Morgan fingerprint density at radius 3 is 2.80 bits per heavy atom. The number of carbonyl (C=O) groups excluding carboxylic acids is 1. The second kappa shape index (κ2) is 7.91. The van der Waals surface area contributed by atoms with Crippen LogP contribution in [0.5, 0.6) is 11.6 Å². The fourth-order valence-corrected chi connectivity index (χ4v) is 2.82. The third kappa shape index (κ3) is 3.98. The molecule has 0 aliphatic rings. The predicted octanol–water partition coefficient (Wildman–Crippen LogP) is 3.25. The van der Waals surface area contributed by atoms with Gasteiger partial charge in [-0.2, -0.15) is 0 Å². The second-order valence-corrected chi connectivity index (χ2v) is 6.53. The molecule has 0 spiro atoms. The molecule has 30 heavy (non-hydrogen) atoms. The number of hydrogen-bond acceptors (Lipinski definition) is 5. The normalized spacial score (nSPS) is 10.9. The molecule has 0 bridgehead atoms. The lowest BCUT2D eigenvalue weighted by Gasteiger charge is -2.06. The summed E-state index contributed by atoms with van der Waals surface area (Å²) >= 11 is 5.68. The smallest absolute Gasteiger partial charge is 0.351 e. The molecule has 0 aliphatic carbocycles. The molecule has 4 rings (SSSR count). The summed E-state index contributed by atoms with van der Waals surface area (Å²) in [5.41, 5.74) is -0.696. The second-order valence-electron chi connectivity index (χ2n) is 6.10. The minimum Gasteiger partial charge on any atom is -0.436 e. The molecule has 11 heteroatoms. The van der Waals surface area contributed by atoms with E-state index in [1.54, 1.807) is 0 Å². The van der Waals surface area contributed by atoms with E-state index in [2.05, 4.69) is 15.4 Å². The first-order valence-electron chi connectivity index (χ1n) is 8.53. The van der Waals surface area contributed by atoms with Gasteiger partial charge >= 0.3 is 5.69 Å². The van der Waals surface area contributed by atoms with Crippen molar-refractivity contribution in [1.29, 1.82) is 0 Å². The number of anilines is 1. The number of carbonyl (C=O) groups is 1. The van der Waals surface area contributed by atoms with Gasteiger partial charge in [-0.15, -0.1) is 5.10 Å². The van der Waals surface area contributed by atoms with E-state index in [9.17, 15) is 18.4 Å². The molecular formula is C19H12ClF2N5O3. The Kier molecular flexibility index (Phi) is 5.15. The molecule has 2 aromatic heterocycles. The first-order valence-corrected chi connectivity index (χ1v) is 8.91. The topological polar surface area (TPSA) is 90.5 Å². The third-order valence-corrected chi connectivity index (χ3v) is 4.21. The van der Waals surface area contributed by atoms with E-state index < -0.39 is 29.8 Å². The summed E-state index contributed by atoms with van der Waals surface area (Å²) in [4.78, 5) is 28.8. The first kappa shape index (κ1) is 19.5. The summed E-state index contributed by atoms with van der Waals surface area (Å²) in [5, 5.41) is 6.59. The molecule has 1 N–H and O–H groups in total. The molecule has 4 aromatic rings. The van der Waals surface area contributed by atoms with Crippen molar-refractivity contribution in [3.8, 4) is 11.6 Å². The van der Waals surface area contributed by atoms with Crippen LogP contribution in [-0.4, -0.2) is 25.1 Å². The SMILES string of the molecule is O=C(Cn1nc2c(Oc3cccc(F)c3)nccn2c1=O)Nc1ccc(Cl)cc1F. The molecule has 0 radical (unpaired) electrons. The largest absolute Gasteiger partial charge is 0.436 e. The van der Waals surface area contributed by atoms with Crippen LogP contribution in [0, 0.1) is 11.6 Å². The number of hydrogen-bond donors (Lipinski definition) is 1. The molecule has 0 aliphatic heterocycles. The van der Waals surface area contributed by atoms with Gasteiger partial charge in [0.1, 0.15) is 23.9 Å². The van der Waals surface area contributed by atoms with Crippen LogP contribution < -0.4 is 15.7 Å². The van der Waals surface area contributed by atoms with Gasteiger partial charge in [0, 0.05) is 23.5 Å². The van der Waals surface area contributed by atoms with Crippen molar-refractivity contribution in [2.24, 2.45) is 0 Å². The van der Waals surface area contributed by atoms with Crippen LogP contribution in [0.3, 0.4) is 0 Å². The zero-order valence-electron chi connectivity index (χ0n) is 15.1. The van der Waals surface area contributed by atoms with Crippen LogP contribution in [0.4, 0.5) is 14.5 Å². The molecular weight excluding hydrogens is 420 g/mol. The van der Waals surface area contributed by atoms with Crippen LogP contribution in [0.2, 0.25) is 5.02 Å². The van der Waals surface area contributed by atoms with Gasteiger partial charge in [-0.3, -0.25) is 4.79 Å². The number of rotatable bonds is 5. The minimum absolute atomic E-state index is 0.0252. The van der Waals surface area contributed by atoms with E-state index in [0.29, 0.717) is 0 Å². The lowest BCUT2D eigenvalue weighted by Crippen LogP contribution is -2.28. The fourth-order valence-electron chi connectivity index (χ4n) is 2.66. The van der Waals surface area contributed by atoms with E-state index in [4.69, 9.17) is 16.3 Å². The highest BCUT2D eigenvalue weighted by Crippen LogP contribution is 2.22. The minimum atomic E-state index is -0.715. The summed E-state index contributed by atoms with van der Waals surface area (Å²) in [6.07, 6.45) is 2.65. The Hall–Kier alpha value is -3.79. The number of nitrogens with one attached hydrogen (secondary N) is 1. The van der Waals surface area contributed by atoms with Gasteiger partial charge in [0.15, 0.2) is 0 Å².